The first-order valence-corrected chi connectivity index (χ1v) is 7.78. The molecule has 1 atom stereocenters. The van der Waals surface area contributed by atoms with Crippen LogP contribution in [0, 0.1) is 11.7 Å². The number of hydrogen-bond donors (Lipinski definition) is 1. The van der Waals surface area contributed by atoms with Crippen molar-refractivity contribution in [3.63, 3.8) is 0 Å². The quantitative estimate of drug-likeness (QED) is 0.889. The number of rotatable bonds is 5. The number of nitrogens with zero attached hydrogens (tertiary/aromatic N) is 1. The van der Waals surface area contributed by atoms with Crippen LogP contribution in [0.3, 0.4) is 0 Å². The van der Waals surface area contributed by atoms with Gasteiger partial charge in [-0.1, -0.05) is 25.1 Å². The summed E-state index contributed by atoms with van der Waals surface area (Å²) >= 11 is 0. The van der Waals surface area contributed by atoms with E-state index in [0.29, 0.717) is 11.6 Å². The van der Waals surface area contributed by atoms with Crippen molar-refractivity contribution in [2.24, 2.45) is 11.7 Å². The molecule has 0 saturated heterocycles. The van der Waals surface area contributed by atoms with Crippen LogP contribution in [0.4, 0.5) is 4.39 Å². The third-order valence-electron chi connectivity index (χ3n) is 4.71. The van der Waals surface area contributed by atoms with E-state index < -0.39 is 0 Å². The van der Waals surface area contributed by atoms with E-state index in [1.165, 1.54) is 31.7 Å². The second-order valence-corrected chi connectivity index (χ2v) is 6.31. The second-order valence-electron chi connectivity index (χ2n) is 6.31. The molecule has 3 heteroatoms. The summed E-state index contributed by atoms with van der Waals surface area (Å²) in [5.74, 6) is 0.689. The molecule has 20 heavy (non-hydrogen) atoms. The van der Waals surface area contributed by atoms with Gasteiger partial charge in [0.05, 0.1) is 0 Å². The van der Waals surface area contributed by atoms with Gasteiger partial charge in [0.2, 0.25) is 0 Å². The molecule has 1 aromatic rings. The van der Waals surface area contributed by atoms with Gasteiger partial charge in [0, 0.05) is 17.6 Å². The maximum Gasteiger partial charge on any atom is 0.127 e. The maximum atomic E-state index is 13.7. The van der Waals surface area contributed by atoms with E-state index in [4.69, 9.17) is 5.73 Å². The van der Waals surface area contributed by atoms with Crippen LogP contribution in [0.1, 0.15) is 50.6 Å². The van der Waals surface area contributed by atoms with Gasteiger partial charge in [-0.15, -0.1) is 0 Å². The van der Waals surface area contributed by atoms with Crippen LogP contribution in [0.5, 0.6) is 0 Å². The monoisotopic (exact) mass is 278 g/mol. The molecule has 0 aliphatic heterocycles. The van der Waals surface area contributed by atoms with E-state index in [2.05, 4.69) is 18.9 Å². The van der Waals surface area contributed by atoms with E-state index >= 15 is 0 Å². The zero-order valence-corrected chi connectivity index (χ0v) is 12.7. The normalized spacial score (nSPS) is 24.9. The van der Waals surface area contributed by atoms with Crippen LogP contribution in [-0.4, -0.2) is 24.5 Å². The molecule has 2 nitrogen and oxygen atoms in total. The highest BCUT2D eigenvalue weighted by Gasteiger charge is 2.22. The topological polar surface area (TPSA) is 29.3 Å². The molecule has 2 rings (SSSR count). The van der Waals surface area contributed by atoms with Crippen molar-refractivity contribution in [3.05, 3.63) is 35.6 Å². The molecular weight excluding hydrogens is 251 g/mol. The molecule has 0 spiro atoms. The maximum absolute atomic E-state index is 13.7. The predicted octanol–water partition coefficient (Wildman–Crippen LogP) is 3.73. The first kappa shape index (κ1) is 15.5. The van der Waals surface area contributed by atoms with Crippen LogP contribution in [0.25, 0.3) is 0 Å². The Labute approximate surface area is 122 Å². The third kappa shape index (κ3) is 4.03. The van der Waals surface area contributed by atoms with Crippen LogP contribution in [0.2, 0.25) is 0 Å². The molecule has 112 valence electrons. The molecule has 0 radical (unpaired) electrons. The molecule has 1 saturated carbocycles. The number of benzene rings is 1. The van der Waals surface area contributed by atoms with Gasteiger partial charge in [-0.3, -0.25) is 0 Å². The summed E-state index contributed by atoms with van der Waals surface area (Å²) in [7, 11) is 2.18. The standard InChI is InChI=1S/C17H27FN2/c1-13-7-9-14(10-8-13)20(2)12-11-17(19)15-5-3-4-6-16(15)18/h3-6,13-14,17H,7-12,19H2,1-2H3. The minimum Gasteiger partial charge on any atom is -0.324 e. The molecule has 2 N–H and O–H groups in total. The molecule has 1 unspecified atom stereocenters. The largest absolute Gasteiger partial charge is 0.324 e. The van der Waals surface area contributed by atoms with Crippen molar-refractivity contribution in [2.45, 2.75) is 51.1 Å². The molecule has 1 aromatic carbocycles. The fourth-order valence-electron chi connectivity index (χ4n) is 3.14. The lowest BCUT2D eigenvalue weighted by Crippen LogP contribution is -2.36. The zero-order chi connectivity index (χ0) is 14.5. The summed E-state index contributed by atoms with van der Waals surface area (Å²) in [6.07, 6.45) is 6.03. The molecule has 1 fully saturated rings. The first-order chi connectivity index (χ1) is 9.58. The van der Waals surface area contributed by atoms with Gasteiger partial charge in [0.15, 0.2) is 0 Å². The highest BCUT2D eigenvalue weighted by Crippen LogP contribution is 2.27. The highest BCUT2D eigenvalue weighted by atomic mass is 19.1. The van der Waals surface area contributed by atoms with Crippen molar-refractivity contribution >= 4 is 0 Å². The third-order valence-corrected chi connectivity index (χ3v) is 4.71. The zero-order valence-electron chi connectivity index (χ0n) is 12.7. The number of halogens is 1. The van der Waals surface area contributed by atoms with Gasteiger partial charge < -0.3 is 10.6 Å². The minimum absolute atomic E-state index is 0.186. The Morgan fingerprint density at radius 2 is 1.90 bits per heavy atom. The molecule has 0 heterocycles. The van der Waals surface area contributed by atoms with Gasteiger partial charge in [0.1, 0.15) is 5.82 Å². The fourth-order valence-corrected chi connectivity index (χ4v) is 3.14. The predicted molar refractivity (Wildman–Crippen MR) is 82.0 cm³/mol. The lowest BCUT2D eigenvalue weighted by Gasteiger charge is -2.34. The minimum atomic E-state index is -0.207. The summed E-state index contributed by atoms with van der Waals surface area (Å²) in [6.45, 7) is 3.28. The SMILES string of the molecule is CC1CCC(N(C)CCC(N)c2ccccc2F)CC1. The summed E-state index contributed by atoms with van der Waals surface area (Å²) < 4.78 is 13.7. The van der Waals surface area contributed by atoms with Crippen molar-refractivity contribution in [1.82, 2.24) is 4.90 Å². The first-order valence-electron chi connectivity index (χ1n) is 7.78. The summed E-state index contributed by atoms with van der Waals surface area (Å²) in [5, 5.41) is 0. The Bertz CT molecular complexity index is 413. The van der Waals surface area contributed by atoms with Gasteiger partial charge in [-0.2, -0.15) is 0 Å². The Morgan fingerprint density at radius 1 is 1.25 bits per heavy atom. The van der Waals surface area contributed by atoms with Crippen LogP contribution >= 0.6 is 0 Å². The molecule has 0 bridgehead atoms. The lowest BCUT2D eigenvalue weighted by molar-refractivity contribution is 0.166. The van der Waals surface area contributed by atoms with Crippen molar-refractivity contribution < 1.29 is 4.39 Å². The van der Waals surface area contributed by atoms with Crippen molar-refractivity contribution in [3.8, 4) is 0 Å². The van der Waals surface area contributed by atoms with E-state index in [9.17, 15) is 4.39 Å². The fraction of sp³-hybridized carbons (Fsp3) is 0.647. The van der Waals surface area contributed by atoms with Crippen LogP contribution < -0.4 is 5.73 Å². The Kier molecular flexibility index (Phi) is 5.55. The Balaban J connectivity index is 1.81. The van der Waals surface area contributed by atoms with Crippen LogP contribution in [0.15, 0.2) is 24.3 Å². The Hall–Kier alpha value is -0.930. The highest BCUT2D eigenvalue weighted by molar-refractivity contribution is 5.20. The van der Waals surface area contributed by atoms with Gasteiger partial charge in [0.25, 0.3) is 0 Å². The van der Waals surface area contributed by atoms with Gasteiger partial charge in [-0.25, -0.2) is 4.39 Å². The summed E-state index contributed by atoms with van der Waals surface area (Å²) in [5.41, 5.74) is 6.77. The van der Waals surface area contributed by atoms with Gasteiger partial charge >= 0.3 is 0 Å². The van der Waals surface area contributed by atoms with E-state index in [-0.39, 0.29) is 11.9 Å². The Morgan fingerprint density at radius 3 is 2.55 bits per heavy atom. The molecule has 1 aliphatic rings. The van der Waals surface area contributed by atoms with Crippen molar-refractivity contribution in [2.75, 3.05) is 13.6 Å². The molecule has 0 amide bonds. The van der Waals surface area contributed by atoms with E-state index in [0.717, 1.165) is 18.9 Å². The summed E-state index contributed by atoms with van der Waals surface area (Å²) in [6, 6.07) is 7.31. The average molecular weight is 278 g/mol. The molecular formula is C17H27FN2. The lowest BCUT2D eigenvalue weighted by atomic mass is 9.86. The number of nitrogens with two attached hydrogens (primary N) is 1. The van der Waals surface area contributed by atoms with Crippen LogP contribution in [-0.2, 0) is 0 Å². The molecule has 0 aromatic heterocycles. The second kappa shape index (κ2) is 7.19. The number of hydrogen-bond acceptors (Lipinski definition) is 2. The average Bonchev–Trinajstić information content (AvgIpc) is 2.45. The van der Waals surface area contributed by atoms with Crippen molar-refractivity contribution in [1.29, 1.82) is 0 Å². The molecule has 1 aliphatic carbocycles. The van der Waals surface area contributed by atoms with Gasteiger partial charge in [-0.05, 0) is 57.7 Å². The van der Waals surface area contributed by atoms with E-state index in [1.54, 1.807) is 12.1 Å². The smallest absolute Gasteiger partial charge is 0.127 e. The van der Waals surface area contributed by atoms with E-state index in [1.807, 2.05) is 6.07 Å². The summed E-state index contributed by atoms with van der Waals surface area (Å²) in [4.78, 5) is 2.41.